The summed E-state index contributed by atoms with van der Waals surface area (Å²) in [6.07, 6.45) is 18.6. The maximum Gasteiger partial charge on any atom is 0.416 e. The lowest BCUT2D eigenvalue weighted by atomic mass is 10.00. The normalized spacial score (nSPS) is 12.9. The van der Waals surface area contributed by atoms with E-state index in [1.54, 1.807) is 36.4 Å². The zero-order valence-electron chi connectivity index (χ0n) is 49.8. The minimum absolute atomic E-state index is 0.0788. The fourth-order valence-electron chi connectivity index (χ4n) is 6.98. The van der Waals surface area contributed by atoms with Crippen molar-refractivity contribution in [3.8, 4) is 11.5 Å². The van der Waals surface area contributed by atoms with E-state index in [1.165, 1.54) is 55.0 Å². The van der Waals surface area contributed by atoms with E-state index >= 15 is 0 Å². The number of carbonyl (C=O) groups is 1. The number of hydrogen-bond donors (Lipinski definition) is 3. The zero-order chi connectivity index (χ0) is 59.5. The lowest BCUT2D eigenvalue weighted by molar-refractivity contribution is -0.137. The lowest BCUT2D eigenvalue weighted by Gasteiger charge is -2.13. The quantitative estimate of drug-likeness (QED) is 0.0274. The Morgan fingerprint density at radius 1 is 0.506 bits per heavy atom. The van der Waals surface area contributed by atoms with Gasteiger partial charge in [-0.15, -0.1) is 0 Å². The third-order valence-corrected chi connectivity index (χ3v) is 11.7. The highest BCUT2D eigenvalue weighted by molar-refractivity contribution is 5.78. The average molecular weight is 1110 g/mol. The Labute approximate surface area is 474 Å². The number of ketones is 1. The smallest absolute Gasteiger partial charge is 0.416 e. The van der Waals surface area contributed by atoms with E-state index in [2.05, 4.69) is 90.9 Å². The van der Waals surface area contributed by atoms with E-state index in [9.17, 15) is 42.1 Å². The zero-order valence-corrected chi connectivity index (χ0v) is 49.8. The average Bonchev–Trinajstić information content (AvgIpc) is 3.41. The number of ether oxygens (including phenoxy) is 2. The number of hydrogen-bond acceptors (Lipinski definition) is 6. The Hall–Kier alpha value is -5.10. The first-order chi connectivity index (χ1) is 37.3. The number of para-hydroxylation sites is 1. The topological polar surface area (TPSA) is 96.2 Å². The Morgan fingerprint density at radius 3 is 1.51 bits per heavy atom. The summed E-state index contributed by atoms with van der Waals surface area (Å²) in [4.78, 5) is 11.4. The van der Waals surface area contributed by atoms with E-state index in [-0.39, 0.29) is 30.5 Å². The number of allylic oxidation sites excluding steroid dienone is 3. The molecule has 0 aliphatic heterocycles. The van der Waals surface area contributed by atoms with Gasteiger partial charge in [0.2, 0.25) is 0 Å². The minimum atomic E-state index is -4.39. The van der Waals surface area contributed by atoms with Crippen LogP contribution in [0.2, 0.25) is 0 Å². The fraction of sp³-hybridized carbons (Fsp3) is 0.544. The Kier molecular flexibility index (Phi) is 41.7. The van der Waals surface area contributed by atoms with Crippen LogP contribution < -0.4 is 9.47 Å². The molecule has 0 aliphatic carbocycles. The van der Waals surface area contributed by atoms with Crippen LogP contribution in [0.3, 0.4) is 0 Å². The molecule has 0 saturated heterocycles. The second kappa shape index (κ2) is 44.6. The molecule has 0 heterocycles. The van der Waals surface area contributed by atoms with Crippen molar-refractivity contribution in [1.29, 1.82) is 0 Å². The number of unbranched alkanes of at least 4 members (excludes halogenated alkanes) is 4. The fourth-order valence-corrected chi connectivity index (χ4v) is 6.98. The van der Waals surface area contributed by atoms with E-state index in [1.807, 2.05) is 64.1 Å². The van der Waals surface area contributed by atoms with Gasteiger partial charge in [-0.2, -0.15) is 22.0 Å². The first kappa shape index (κ1) is 73.9. The molecule has 0 amide bonds. The molecule has 0 unspecified atom stereocenters. The summed E-state index contributed by atoms with van der Waals surface area (Å²) in [5, 5.41) is 29.0. The number of aliphatic hydroxyl groups is 3. The summed E-state index contributed by atoms with van der Waals surface area (Å²) in [5.74, 6) is 0.375. The van der Waals surface area contributed by atoms with Crippen molar-refractivity contribution in [2.24, 2.45) is 29.6 Å². The number of benzene rings is 4. The molecule has 0 fully saturated rings. The van der Waals surface area contributed by atoms with Crippen LogP contribution in [-0.4, -0.2) is 58.6 Å². The molecule has 0 radical (unpaired) electrons. The molecular formula is C68H101F5O6. The molecule has 4 aromatic rings. The molecule has 4 aromatic carbocycles. The number of halogens is 5. The summed E-state index contributed by atoms with van der Waals surface area (Å²) < 4.78 is 74.0. The van der Waals surface area contributed by atoms with Crippen LogP contribution in [0.4, 0.5) is 22.0 Å². The third-order valence-electron chi connectivity index (χ3n) is 11.7. The molecule has 0 spiro atoms. The first-order valence-corrected chi connectivity index (χ1v) is 28.9. The number of carbonyl (C=O) groups excluding carboxylic acids is 1. The summed E-state index contributed by atoms with van der Waals surface area (Å²) >= 11 is 0. The lowest BCUT2D eigenvalue weighted by Crippen LogP contribution is -2.23. The van der Waals surface area contributed by atoms with Crippen molar-refractivity contribution in [3.05, 3.63) is 168 Å². The van der Waals surface area contributed by atoms with Crippen molar-refractivity contribution >= 4 is 5.78 Å². The SMILES string of the molecule is CC(C)/C=C/C(F)(F)COc1ccccc1.CC(C)/C=C/[C@@H](O)CCc1ccccc1.CC(C)/C=C/[C@@H](O)COc1cccc(C(F)(F)F)c1.CC(C)CC[C@@H](O)CCc1ccccc1.CCCCCCCC(=O)CCC(C)C. The van der Waals surface area contributed by atoms with Gasteiger partial charge in [-0.3, -0.25) is 4.79 Å². The maximum atomic E-state index is 13.3. The largest absolute Gasteiger partial charge is 0.491 e. The van der Waals surface area contributed by atoms with Gasteiger partial charge in [0.1, 0.15) is 30.0 Å². The van der Waals surface area contributed by atoms with Crippen LogP contribution in [0.15, 0.2) is 152 Å². The molecule has 4 rings (SSSR count). The Balaban J connectivity index is 0.000000967. The van der Waals surface area contributed by atoms with Crippen molar-refractivity contribution in [2.45, 2.75) is 196 Å². The van der Waals surface area contributed by atoms with Crippen molar-refractivity contribution in [2.75, 3.05) is 13.2 Å². The molecule has 444 valence electrons. The minimum Gasteiger partial charge on any atom is -0.491 e. The molecule has 3 N–H and O–H groups in total. The van der Waals surface area contributed by atoms with Crippen LogP contribution in [0.25, 0.3) is 0 Å². The van der Waals surface area contributed by atoms with Gasteiger partial charge in [-0.05, 0) is 128 Å². The van der Waals surface area contributed by atoms with Crippen LogP contribution in [0.1, 0.15) is 170 Å². The van der Waals surface area contributed by atoms with Crippen LogP contribution in [0.5, 0.6) is 11.5 Å². The number of aryl methyl sites for hydroxylation is 2. The molecule has 0 bridgehead atoms. The highest BCUT2D eigenvalue weighted by Crippen LogP contribution is 2.31. The van der Waals surface area contributed by atoms with Gasteiger partial charge in [-0.25, -0.2) is 0 Å². The summed E-state index contributed by atoms with van der Waals surface area (Å²) in [7, 11) is 0. The highest BCUT2D eigenvalue weighted by Gasteiger charge is 2.30. The molecule has 0 aromatic heterocycles. The molecular weight excluding hydrogens is 1010 g/mol. The predicted molar refractivity (Wildman–Crippen MR) is 320 cm³/mol. The number of aliphatic hydroxyl groups excluding tert-OH is 3. The Bertz CT molecular complexity index is 2140. The predicted octanol–water partition coefficient (Wildman–Crippen LogP) is 18.5. The molecule has 3 atom stereocenters. The highest BCUT2D eigenvalue weighted by atomic mass is 19.4. The van der Waals surface area contributed by atoms with Gasteiger partial charge in [0.25, 0.3) is 5.92 Å². The summed E-state index contributed by atoms with van der Waals surface area (Å²) in [5.41, 5.74) is 1.84. The van der Waals surface area contributed by atoms with Gasteiger partial charge in [0.15, 0.2) is 6.61 Å². The van der Waals surface area contributed by atoms with E-state index in [0.717, 1.165) is 82.4 Å². The van der Waals surface area contributed by atoms with Crippen molar-refractivity contribution < 1.29 is 51.5 Å². The van der Waals surface area contributed by atoms with Crippen molar-refractivity contribution in [1.82, 2.24) is 0 Å². The van der Waals surface area contributed by atoms with Gasteiger partial charge < -0.3 is 24.8 Å². The maximum absolute atomic E-state index is 13.3. The summed E-state index contributed by atoms with van der Waals surface area (Å²) in [6, 6.07) is 33.8. The third kappa shape index (κ3) is 46.4. The van der Waals surface area contributed by atoms with Gasteiger partial charge in [0, 0.05) is 12.8 Å². The van der Waals surface area contributed by atoms with Gasteiger partial charge >= 0.3 is 6.18 Å². The van der Waals surface area contributed by atoms with Crippen molar-refractivity contribution in [3.63, 3.8) is 0 Å². The van der Waals surface area contributed by atoms with E-state index in [4.69, 9.17) is 9.47 Å². The molecule has 79 heavy (non-hydrogen) atoms. The molecule has 0 saturated carbocycles. The van der Waals surface area contributed by atoms with Crippen LogP contribution >= 0.6 is 0 Å². The van der Waals surface area contributed by atoms with E-state index in [0.29, 0.717) is 35.2 Å². The van der Waals surface area contributed by atoms with E-state index < -0.39 is 30.4 Å². The number of Topliss-reactive ketones (excluding diaryl/α,β-unsaturated/α-hetero) is 1. The van der Waals surface area contributed by atoms with Crippen LogP contribution in [0, 0.1) is 29.6 Å². The standard InChI is InChI=1S/C14H17F3O2.C14H22O.C14H20O.C13H16F2O.C13H26O/c1-10(2)6-7-12(18)9-19-13-5-3-4-11(8-13)14(15,16)17;2*1-12(2)8-10-14(15)11-9-13-6-4-3-5-7-13;1-11(2)8-9-13(14,15)10-16-12-6-4-3-5-7-12;1-4-5-6-7-8-9-13(14)11-10-12(2)3/h3-8,10,12,18H,9H2,1-2H3;3-7,12,14-15H,8-11H2,1-2H3;3-8,10,12,14-15H,9,11H2,1-2H3;3-9,11H,10H2,1-2H3;12H,4-11H2,1-3H3/b7-6+;;10-8+;9-8+;/t12-;2*14-;;/m111../s1. The number of rotatable bonds is 30. The second-order valence-corrected chi connectivity index (χ2v) is 22.0. The number of alkyl halides is 5. The monoisotopic (exact) mass is 1110 g/mol. The second-order valence-electron chi connectivity index (χ2n) is 22.0. The molecule has 11 heteroatoms. The molecule has 0 aliphatic rings. The van der Waals surface area contributed by atoms with Gasteiger partial charge in [0.05, 0.1) is 17.8 Å². The van der Waals surface area contributed by atoms with Gasteiger partial charge in [-0.1, -0.05) is 217 Å². The Morgan fingerprint density at radius 2 is 1.00 bits per heavy atom. The first-order valence-electron chi connectivity index (χ1n) is 28.9. The van der Waals surface area contributed by atoms with Crippen LogP contribution in [-0.2, 0) is 23.8 Å². The molecule has 6 nitrogen and oxygen atoms in total. The summed E-state index contributed by atoms with van der Waals surface area (Å²) in [6.45, 7) is 22.1.